The van der Waals surface area contributed by atoms with Gasteiger partial charge in [-0.2, -0.15) is 0 Å². The number of halogens is 1. The summed E-state index contributed by atoms with van der Waals surface area (Å²) in [4.78, 5) is 4.24. The molecule has 0 aromatic carbocycles. The van der Waals surface area contributed by atoms with E-state index in [1.54, 1.807) is 0 Å². The highest BCUT2D eigenvalue weighted by molar-refractivity contribution is 9.10. The molecule has 1 aromatic rings. The smallest absolute Gasteiger partial charge is 0.0410 e. The average molecular weight is 297 g/mol. The zero-order valence-corrected chi connectivity index (χ0v) is 12.2. The maximum atomic E-state index is 4.24. The highest BCUT2D eigenvalue weighted by Crippen LogP contribution is 2.34. The van der Waals surface area contributed by atoms with E-state index >= 15 is 0 Å². The Bertz CT molecular complexity index is 367. The van der Waals surface area contributed by atoms with Crippen LogP contribution >= 0.6 is 15.9 Å². The van der Waals surface area contributed by atoms with E-state index in [9.17, 15) is 0 Å². The summed E-state index contributed by atoms with van der Waals surface area (Å²) in [6, 6.07) is 2.91. The molecule has 2 rings (SSSR count). The topological polar surface area (TPSA) is 24.9 Å². The molecule has 0 amide bonds. The minimum atomic E-state index is 0.713. The van der Waals surface area contributed by atoms with Crippen molar-refractivity contribution in [1.29, 1.82) is 0 Å². The van der Waals surface area contributed by atoms with Crippen molar-refractivity contribution >= 4 is 15.9 Å². The molecule has 0 aliphatic heterocycles. The van der Waals surface area contributed by atoms with Gasteiger partial charge in [0.2, 0.25) is 0 Å². The first-order chi connectivity index (χ1) is 8.20. The van der Waals surface area contributed by atoms with Crippen molar-refractivity contribution in [3.05, 3.63) is 28.5 Å². The lowest BCUT2D eigenvalue weighted by atomic mass is 9.90. The highest BCUT2D eigenvalue weighted by Gasteiger charge is 2.31. The van der Waals surface area contributed by atoms with E-state index in [-0.39, 0.29) is 0 Å². The van der Waals surface area contributed by atoms with Crippen LogP contribution in [0.4, 0.5) is 0 Å². The number of nitrogens with zero attached hydrogens (tertiary/aromatic N) is 1. The average Bonchev–Trinajstić information content (AvgIpc) is 2.62. The van der Waals surface area contributed by atoms with Gasteiger partial charge in [-0.3, -0.25) is 4.98 Å². The van der Waals surface area contributed by atoms with Crippen molar-refractivity contribution in [2.45, 2.75) is 39.2 Å². The predicted molar refractivity (Wildman–Crippen MR) is 75.0 cm³/mol. The lowest BCUT2D eigenvalue weighted by Gasteiger charge is -2.21. The molecule has 0 spiro atoms. The summed E-state index contributed by atoms with van der Waals surface area (Å²) in [6.07, 6.45) is 7.67. The molecule has 0 saturated heterocycles. The molecule has 1 aromatic heterocycles. The van der Waals surface area contributed by atoms with Gasteiger partial charge in [-0.25, -0.2) is 0 Å². The lowest BCUT2D eigenvalue weighted by molar-refractivity contribution is 0.355. The zero-order valence-electron chi connectivity index (χ0n) is 10.6. The van der Waals surface area contributed by atoms with Gasteiger partial charge in [0, 0.05) is 22.9 Å². The Balaban J connectivity index is 1.96. The summed E-state index contributed by atoms with van der Waals surface area (Å²) in [5, 5.41) is 3.60. The molecule has 2 nitrogen and oxygen atoms in total. The number of nitrogens with one attached hydrogen (secondary N) is 1. The second-order valence-corrected chi connectivity index (χ2v) is 5.99. The first kappa shape index (κ1) is 13.0. The minimum absolute atomic E-state index is 0.713. The fraction of sp³-hybridized carbons (Fsp3) is 0.643. The molecular formula is C14H21BrN2. The van der Waals surface area contributed by atoms with Gasteiger partial charge in [-0.15, -0.1) is 0 Å². The number of aromatic nitrogens is 1. The van der Waals surface area contributed by atoms with Crippen molar-refractivity contribution in [3.8, 4) is 0 Å². The fourth-order valence-electron chi connectivity index (χ4n) is 2.96. The summed E-state index contributed by atoms with van der Waals surface area (Å²) in [6.45, 7) is 5.66. The Morgan fingerprint density at radius 3 is 2.94 bits per heavy atom. The Morgan fingerprint density at radius 2 is 2.24 bits per heavy atom. The number of hydrogen-bond donors (Lipinski definition) is 1. The van der Waals surface area contributed by atoms with E-state index in [2.05, 4.69) is 46.1 Å². The summed E-state index contributed by atoms with van der Waals surface area (Å²) >= 11 is 3.49. The SMILES string of the molecule is CCNC1CCC(Cc2cncc(Br)c2)C1C. The van der Waals surface area contributed by atoms with E-state index in [0.29, 0.717) is 6.04 Å². The quantitative estimate of drug-likeness (QED) is 0.921. The zero-order chi connectivity index (χ0) is 12.3. The second-order valence-electron chi connectivity index (χ2n) is 5.08. The van der Waals surface area contributed by atoms with Crippen LogP contribution in [0.2, 0.25) is 0 Å². The van der Waals surface area contributed by atoms with Gasteiger partial charge < -0.3 is 5.32 Å². The molecule has 1 saturated carbocycles. The molecule has 1 heterocycles. The van der Waals surface area contributed by atoms with E-state index in [1.165, 1.54) is 18.4 Å². The van der Waals surface area contributed by atoms with Crippen LogP contribution < -0.4 is 5.32 Å². The molecule has 3 unspecified atom stereocenters. The third kappa shape index (κ3) is 3.29. The Labute approximate surface area is 112 Å². The van der Waals surface area contributed by atoms with Gasteiger partial charge in [0.15, 0.2) is 0 Å². The third-order valence-electron chi connectivity index (χ3n) is 3.95. The molecule has 1 aliphatic rings. The molecule has 0 radical (unpaired) electrons. The second kappa shape index (κ2) is 5.96. The van der Waals surface area contributed by atoms with Gasteiger partial charge in [-0.05, 0) is 65.2 Å². The summed E-state index contributed by atoms with van der Waals surface area (Å²) in [5.74, 6) is 1.57. The maximum absolute atomic E-state index is 4.24. The Kier molecular flexibility index (Phi) is 4.57. The Hall–Kier alpha value is -0.410. The summed E-state index contributed by atoms with van der Waals surface area (Å²) < 4.78 is 1.09. The molecule has 1 aliphatic carbocycles. The summed E-state index contributed by atoms with van der Waals surface area (Å²) in [7, 11) is 0. The first-order valence-electron chi connectivity index (χ1n) is 6.53. The minimum Gasteiger partial charge on any atom is -0.314 e. The molecule has 3 atom stereocenters. The van der Waals surface area contributed by atoms with Crippen LogP contribution in [-0.2, 0) is 6.42 Å². The van der Waals surface area contributed by atoms with Gasteiger partial charge in [-0.1, -0.05) is 13.8 Å². The highest BCUT2D eigenvalue weighted by atomic mass is 79.9. The lowest BCUT2D eigenvalue weighted by Crippen LogP contribution is -2.32. The van der Waals surface area contributed by atoms with Crippen LogP contribution in [0.3, 0.4) is 0 Å². The van der Waals surface area contributed by atoms with Gasteiger partial charge in [0.05, 0.1) is 0 Å². The molecular weight excluding hydrogens is 276 g/mol. The van der Waals surface area contributed by atoms with E-state index in [4.69, 9.17) is 0 Å². The third-order valence-corrected chi connectivity index (χ3v) is 4.39. The molecule has 1 N–H and O–H groups in total. The maximum Gasteiger partial charge on any atom is 0.0410 e. The van der Waals surface area contributed by atoms with Crippen LogP contribution in [0.5, 0.6) is 0 Å². The largest absolute Gasteiger partial charge is 0.314 e. The number of rotatable bonds is 4. The normalized spacial score (nSPS) is 28.5. The number of pyridine rings is 1. The van der Waals surface area contributed by atoms with Crippen molar-refractivity contribution < 1.29 is 0 Å². The predicted octanol–water partition coefficient (Wildman–Crippen LogP) is 3.41. The first-order valence-corrected chi connectivity index (χ1v) is 7.32. The van der Waals surface area contributed by atoms with Gasteiger partial charge in [0.1, 0.15) is 0 Å². The van der Waals surface area contributed by atoms with Crippen molar-refractivity contribution in [2.24, 2.45) is 11.8 Å². The van der Waals surface area contributed by atoms with Crippen LogP contribution in [0, 0.1) is 11.8 Å². The van der Waals surface area contributed by atoms with E-state index < -0.39 is 0 Å². The molecule has 3 heteroatoms. The van der Waals surface area contributed by atoms with Crippen molar-refractivity contribution in [1.82, 2.24) is 10.3 Å². The summed E-state index contributed by atoms with van der Waals surface area (Å²) in [5.41, 5.74) is 1.35. The fourth-order valence-corrected chi connectivity index (χ4v) is 3.37. The monoisotopic (exact) mass is 296 g/mol. The van der Waals surface area contributed by atoms with E-state index in [1.807, 2.05) is 12.4 Å². The molecule has 94 valence electrons. The standard InChI is InChI=1S/C14H21BrN2/c1-3-17-14-5-4-12(10(14)2)6-11-7-13(15)9-16-8-11/h7-10,12,14,17H,3-6H2,1-2H3. The van der Waals surface area contributed by atoms with Crippen molar-refractivity contribution in [3.63, 3.8) is 0 Å². The van der Waals surface area contributed by atoms with E-state index in [0.717, 1.165) is 29.3 Å². The van der Waals surface area contributed by atoms with Crippen LogP contribution in [0.1, 0.15) is 32.3 Å². The van der Waals surface area contributed by atoms with Gasteiger partial charge in [0.25, 0.3) is 0 Å². The molecule has 1 fully saturated rings. The Morgan fingerprint density at radius 1 is 1.41 bits per heavy atom. The van der Waals surface area contributed by atoms with Gasteiger partial charge >= 0.3 is 0 Å². The van der Waals surface area contributed by atoms with Crippen LogP contribution in [0.15, 0.2) is 22.9 Å². The van der Waals surface area contributed by atoms with Crippen LogP contribution in [-0.4, -0.2) is 17.6 Å². The molecule has 17 heavy (non-hydrogen) atoms. The van der Waals surface area contributed by atoms with Crippen LogP contribution in [0.25, 0.3) is 0 Å². The van der Waals surface area contributed by atoms with Crippen molar-refractivity contribution in [2.75, 3.05) is 6.54 Å². The molecule has 0 bridgehead atoms. The number of hydrogen-bond acceptors (Lipinski definition) is 2.